The van der Waals surface area contributed by atoms with Crippen LogP contribution >= 0.6 is 35.8 Å². The normalized spacial score (nSPS) is 14.1. The molecule has 0 aromatic heterocycles. The summed E-state index contributed by atoms with van der Waals surface area (Å²) in [7, 11) is 0. The highest BCUT2D eigenvalue weighted by atomic mass is 35.5. The van der Waals surface area contributed by atoms with Crippen molar-refractivity contribution in [2.75, 3.05) is 19.7 Å². The zero-order valence-corrected chi connectivity index (χ0v) is 18.7. The van der Waals surface area contributed by atoms with Crippen molar-refractivity contribution in [2.24, 2.45) is 5.41 Å². The van der Waals surface area contributed by atoms with Gasteiger partial charge in [-0.2, -0.15) is 0 Å². The summed E-state index contributed by atoms with van der Waals surface area (Å²) in [6.45, 7) is 9.34. The van der Waals surface area contributed by atoms with E-state index in [1.165, 1.54) is 21.6 Å². The average molecular weight is 426 g/mol. The third-order valence-corrected chi connectivity index (χ3v) is 6.07. The van der Waals surface area contributed by atoms with Gasteiger partial charge in [-0.05, 0) is 66.2 Å². The topological polar surface area (TPSA) is 21.3 Å². The maximum absolute atomic E-state index is 6.53. The number of halogens is 2. The number of rotatable bonds is 5. The first-order chi connectivity index (χ1) is 12.4. The van der Waals surface area contributed by atoms with Crippen molar-refractivity contribution in [3.63, 3.8) is 0 Å². The molecule has 0 saturated carbocycles. The lowest BCUT2D eigenvalue weighted by Crippen LogP contribution is -2.16. The molecule has 2 nitrogen and oxygen atoms in total. The fourth-order valence-corrected chi connectivity index (χ4v) is 4.46. The second-order valence-corrected chi connectivity index (χ2v) is 9.44. The monoisotopic (exact) mass is 425 g/mol. The number of hydrogen-bond acceptors (Lipinski definition) is 3. The Morgan fingerprint density at radius 2 is 1.74 bits per heavy atom. The molecule has 1 aliphatic heterocycles. The number of benzene rings is 2. The van der Waals surface area contributed by atoms with Gasteiger partial charge in [0.25, 0.3) is 0 Å². The summed E-state index contributed by atoms with van der Waals surface area (Å²) in [6.07, 6.45) is 2.14. The minimum absolute atomic E-state index is 0. The summed E-state index contributed by atoms with van der Waals surface area (Å²) in [4.78, 5) is 1.25. The number of fused-ring (bicyclic) bond motifs is 1. The lowest BCUT2D eigenvalue weighted by Gasteiger charge is -2.19. The van der Waals surface area contributed by atoms with Crippen molar-refractivity contribution in [2.45, 2.75) is 44.3 Å². The van der Waals surface area contributed by atoms with E-state index in [1.54, 1.807) is 0 Å². The second kappa shape index (κ2) is 10.1. The number of hydrogen-bond donors (Lipinski definition) is 1. The Bertz CT molecular complexity index is 741. The van der Waals surface area contributed by atoms with Crippen molar-refractivity contribution in [3.05, 3.63) is 58.1 Å². The second-order valence-electron chi connectivity index (χ2n) is 8.05. The van der Waals surface area contributed by atoms with E-state index in [4.69, 9.17) is 16.3 Å². The van der Waals surface area contributed by atoms with E-state index < -0.39 is 0 Å². The van der Waals surface area contributed by atoms with Gasteiger partial charge in [-0.1, -0.05) is 50.6 Å². The fraction of sp³-hybridized carbons (Fsp3) is 0.455. The quantitative estimate of drug-likeness (QED) is 0.578. The molecule has 5 heteroatoms. The minimum atomic E-state index is 0. The van der Waals surface area contributed by atoms with Crippen molar-refractivity contribution >= 4 is 35.8 Å². The van der Waals surface area contributed by atoms with Crippen LogP contribution in [0.3, 0.4) is 0 Å². The van der Waals surface area contributed by atoms with Crippen LogP contribution in [0.5, 0.6) is 5.75 Å². The predicted octanol–water partition coefficient (Wildman–Crippen LogP) is 6.17. The van der Waals surface area contributed by atoms with Crippen LogP contribution in [0, 0.1) is 5.41 Å². The van der Waals surface area contributed by atoms with Gasteiger partial charge >= 0.3 is 0 Å². The van der Waals surface area contributed by atoms with E-state index in [-0.39, 0.29) is 17.8 Å². The van der Waals surface area contributed by atoms with Crippen molar-refractivity contribution in [1.82, 2.24) is 5.32 Å². The van der Waals surface area contributed by atoms with Crippen molar-refractivity contribution < 1.29 is 4.74 Å². The van der Waals surface area contributed by atoms with Gasteiger partial charge in [-0.3, -0.25) is 0 Å². The van der Waals surface area contributed by atoms with Crippen LogP contribution in [-0.4, -0.2) is 19.7 Å². The Labute approximate surface area is 178 Å². The largest absolute Gasteiger partial charge is 0.493 e. The van der Waals surface area contributed by atoms with E-state index in [9.17, 15) is 0 Å². The van der Waals surface area contributed by atoms with Gasteiger partial charge in [0.15, 0.2) is 0 Å². The minimum Gasteiger partial charge on any atom is -0.493 e. The van der Waals surface area contributed by atoms with E-state index in [0.29, 0.717) is 0 Å². The molecule has 0 fully saturated rings. The van der Waals surface area contributed by atoms with Crippen molar-refractivity contribution in [3.8, 4) is 5.75 Å². The van der Waals surface area contributed by atoms with Gasteiger partial charge in [-0.25, -0.2) is 0 Å². The Hall–Kier alpha value is -0.870. The Balaban J connectivity index is 0.00000261. The first kappa shape index (κ1) is 22.4. The van der Waals surface area contributed by atoms with Gasteiger partial charge in [0.05, 0.1) is 11.6 Å². The van der Waals surface area contributed by atoms with Gasteiger partial charge in [0.1, 0.15) is 5.75 Å². The van der Waals surface area contributed by atoms with Gasteiger partial charge in [0, 0.05) is 10.6 Å². The molecule has 2 aromatic carbocycles. The molecule has 0 spiro atoms. The zero-order chi connectivity index (χ0) is 18.6. The highest BCUT2D eigenvalue weighted by molar-refractivity contribution is 7.98. The average Bonchev–Trinajstić information content (AvgIpc) is 2.85. The Morgan fingerprint density at radius 1 is 1.04 bits per heavy atom. The smallest absolute Gasteiger partial charge is 0.119 e. The maximum Gasteiger partial charge on any atom is 0.119 e. The van der Waals surface area contributed by atoms with Crippen LogP contribution in [0.2, 0.25) is 5.02 Å². The molecular formula is C22H29Cl2NOS. The van der Waals surface area contributed by atoms with E-state index in [1.807, 2.05) is 11.8 Å². The molecule has 0 unspecified atom stereocenters. The fourth-order valence-electron chi connectivity index (χ4n) is 3.00. The molecule has 2 aromatic rings. The SMILES string of the molecule is CC(C)(C)COc1ccc(CSc2c(Cl)ccc3c2CCNCC3)cc1.Cl. The van der Waals surface area contributed by atoms with Crippen LogP contribution in [0.1, 0.15) is 37.5 Å². The number of thioether (sulfide) groups is 1. The number of nitrogens with one attached hydrogen (secondary N) is 1. The molecule has 1 heterocycles. The molecule has 0 amide bonds. The molecule has 0 aliphatic carbocycles. The summed E-state index contributed by atoms with van der Waals surface area (Å²) >= 11 is 8.38. The molecule has 0 bridgehead atoms. The molecule has 1 N–H and O–H groups in total. The zero-order valence-electron chi connectivity index (χ0n) is 16.3. The molecule has 0 saturated heterocycles. The summed E-state index contributed by atoms with van der Waals surface area (Å²) in [5, 5.41) is 4.35. The molecular weight excluding hydrogens is 397 g/mol. The van der Waals surface area contributed by atoms with E-state index >= 15 is 0 Å². The summed E-state index contributed by atoms with van der Waals surface area (Å²) < 4.78 is 5.86. The highest BCUT2D eigenvalue weighted by Gasteiger charge is 2.15. The first-order valence-electron chi connectivity index (χ1n) is 9.28. The molecule has 1 aliphatic rings. The van der Waals surface area contributed by atoms with Crippen molar-refractivity contribution in [1.29, 1.82) is 0 Å². The third kappa shape index (κ3) is 6.60. The van der Waals surface area contributed by atoms with E-state index in [2.05, 4.69) is 62.5 Å². The number of ether oxygens (including phenoxy) is 1. The molecule has 0 radical (unpaired) electrons. The van der Waals surface area contributed by atoms with Gasteiger partial charge in [-0.15, -0.1) is 24.2 Å². The predicted molar refractivity (Wildman–Crippen MR) is 120 cm³/mol. The standard InChI is InChI=1S/C22H28ClNOS.ClH/c1-22(2,3)15-25-18-7-4-16(5-8-18)14-26-21-19-11-13-24-12-10-17(19)6-9-20(21)23;/h4-9,24H,10-15H2,1-3H3;1H. The molecule has 0 atom stereocenters. The van der Waals surface area contributed by atoms with Crippen LogP contribution in [-0.2, 0) is 18.6 Å². The molecule has 27 heavy (non-hydrogen) atoms. The van der Waals surface area contributed by atoms with Gasteiger partial charge in [0.2, 0.25) is 0 Å². The Morgan fingerprint density at radius 3 is 2.44 bits per heavy atom. The maximum atomic E-state index is 6.53. The summed E-state index contributed by atoms with van der Waals surface area (Å²) in [6, 6.07) is 12.7. The van der Waals surface area contributed by atoms with E-state index in [0.717, 1.165) is 49.1 Å². The molecule has 3 rings (SSSR count). The lowest BCUT2D eigenvalue weighted by molar-refractivity contribution is 0.198. The summed E-state index contributed by atoms with van der Waals surface area (Å²) in [5.41, 5.74) is 4.33. The lowest BCUT2D eigenvalue weighted by atomic mass is 9.99. The first-order valence-corrected chi connectivity index (χ1v) is 10.6. The van der Waals surface area contributed by atoms with Crippen LogP contribution in [0.25, 0.3) is 0 Å². The van der Waals surface area contributed by atoms with Crippen LogP contribution in [0.4, 0.5) is 0 Å². The van der Waals surface area contributed by atoms with Crippen LogP contribution in [0.15, 0.2) is 41.3 Å². The Kier molecular flexibility index (Phi) is 8.36. The van der Waals surface area contributed by atoms with Gasteiger partial charge < -0.3 is 10.1 Å². The van der Waals surface area contributed by atoms with Crippen LogP contribution < -0.4 is 10.1 Å². The molecule has 148 valence electrons. The summed E-state index contributed by atoms with van der Waals surface area (Å²) in [5.74, 6) is 1.86. The third-order valence-electron chi connectivity index (χ3n) is 4.41. The highest BCUT2D eigenvalue weighted by Crippen LogP contribution is 2.36.